The van der Waals surface area contributed by atoms with E-state index in [-0.39, 0.29) is 0 Å². The molecule has 0 radical (unpaired) electrons. The van der Waals surface area contributed by atoms with Crippen molar-refractivity contribution in [3.8, 4) is 0 Å². The molecule has 0 atom stereocenters. The molecule has 70 valence electrons. The highest BCUT2D eigenvalue weighted by Crippen LogP contribution is 2.31. The van der Waals surface area contributed by atoms with E-state index in [1.54, 1.807) is 0 Å². The van der Waals surface area contributed by atoms with Crippen molar-refractivity contribution in [3.05, 3.63) is 22.7 Å². The lowest BCUT2D eigenvalue weighted by atomic mass is 10.2. The average Bonchev–Trinajstić information content (AvgIpc) is 2.16. The van der Waals surface area contributed by atoms with Crippen molar-refractivity contribution in [2.24, 2.45) is 0 Å². The van der Waals surface area contributed by atoms with Crippen molar-refractivity contribution in [1.82, 2.24) is 0 Å². The molecule has 1 N–H and O–H groups in total. The first-order valence-electron chi connectivity index (χ1n) is 4.59. The monoisotopic (exact) mass is 240 g/mol. The molecule has 0 spiro atoms. The van der Waals surface area contributed by atoms with E-state index in [0.717, 1.165) is 24.1 Å². The molecule has 2 nitrogen and oxygen atoms in total. The molecule has 0 amide bonds. The number of nitrogens with one attached hydrogen (secondary N) is 1. The van der Waals surface area contributed by atoms with Crippen LogP contribution in [0.5, 0.6) is 0 Å². The maximum Gasteiger partial charge on any atom is 0.0603 e. The summed E-state index contributed by atoms with van der Waals surface area (Å²) in [6, 6.07) is 6.39. The second-order valence-electron chi connectivity index (χ2n) is 3.17. The van der Waals surface area contributed by atoms with Crippen LogP contribution >= 0.6 is 15.9 Å². The van der Waals surface area contributed by atoms with Gasteiger partial charge in [0.1, 0.15) is 0 Å². The van der Waals surface area contributed by atoms with Gasteiger partial charge in [-0.25, -0.2) is 0 Å². The number of hydrogen-bond donors (Lipinski definition) is 1. The van der Waals surface area contributed by atoms with E-state index in [9.17, 15) is 0 Å². The fraction of sp³-hybridized carbons (Fsp3) is 0.400. The third kappa shape index (κ3) is 1.66. The van der Waals surface area contributed by atoms with E-state index in [0.29, 0.717) is 0 Å². The van der Waals surface area contributed by atoms with Gasteiger partial charge in [-0.05, 0) is 25.1 Å². The number of hydrogen-bond acceptors (Lipinski definition) is 2. The highest BCUT2D eigenvalue weighted by atomic mass is 79.9. The predicted octanol–water partition coefficient (Wildman–Crippen LogP) is 2.70. The number of likely N-dealkylation sites (N-methyl/N-ethyl adjacent to an activating group) is 1. The van der Waals surface area contributed by atoms with E-state index >= 15 is 0 Å². The summed E-state index contributed by atoms with van der Waals surface area (Å²) in [5.41, 5.74) is 2.56. The molecule has 1 aromatic carbocycles. The molecule has 1 aromatic rings. The molecule has 0 saturated heterocycles. The van der Waals surface area contributed by atoms with E-state index in [1.165, 1.54) is 11.4 Å². The van der Waals surface area contributed by atoms with E-state index in [1.807, 2.05) is 0 Å². The van der Waals surface area contributed by atoms with E-state index < -0.39 is 0 Å². The normalized spacial score (nSPS) is 15.1. The molecule has 1 heterocycles. The molecule has 13 heavy (non-hydrogen) atoms. The Bertz CT molecular complexity index is 312. The van der Waals surface area contributed by atoms with Crippen LogP contribution in [-0.2, 0) is 0 Å². The lowest BCUT2D eigenvalue weighted by molar-refractivity contribution is 0.814. The van der Waals surface area contributed by atoms with Crippen LogP contribution in [0.1, 0.15) is 6.92 Å². The lowest BCUT2D eigenvalue weighted by Crippen LogP contribution is -2.33. The molecule has 2 rings (SSSR count). The first-order valence-corrected chi connectivity index (χ1v) is 5.39. The van der Waals surface area contributed by atoms with E-state index in [2.05, 4.69) is 51.3 Å². The summed E-state index contributed by atoms with van der Waals surface area (Å²) in [5.74, 6) is 0. The number of fused-ring (bicyclic) bond motifs is 1. The average molecular weight is 241 g/mol. The van der Waals surface area contributed by atoms with Gasteiger partial charge in [-0.1, -0.05) is 15.9 Å². The quantitative estimate of drug-likeness (QED) is 0.813. The van der Waals surface area contributed by atoms with Crippen molar-refractivity contribution in [2.75, 3.05) is 29.9 Å². The second-order valence-corrected chi connectivity index (χ2v) is 4.08. The van der Waals surface area contributed by atoms with Crippen LogP contribution in [0.4, 0.5) is 11.4 Å². The molecule has 1 aliphatic heterocycles. The molecule has 0 saturated carbocycles. The van der Waals surface area contributed by atoms with Crippen LogP contribution in [0.2, 0.25) is 0 Å². The summed E-state index contributed by atoms with van der Waals surface area (Å²) in [7, 11) is 0. The minimum absolute atomic E-state index is 1.04. The molecule has 0 aliphatic carbocycles. The molecule has 1 aliphatic rings. The Morgan fingerprint density at radius 2 is 2.38 bits per heavy atom. The molecule has 0 unspecified atom stereocenters. The number of halogens is 1. The van der Waals surface area contributed by atoms with Gasteiger partial charge >= 0.3 is 0 Å². The Morgan fingerprint density at radius 3 is 3.15 bits per heavy atom. The van der Waals surface area contributed by atoms with Crippen molar-refractivity contribution >= 4 is 27.3 Å². The van der Waals surface area contributed by atoms with Crippen LogP contribution in [0.25, 0.3) is 0 Å². The van der Waals surface area contributed by atoms with Crippen molar-refractivity contribution in [1.29, 1.82) is 0 Å². The lowest BCUT2D eigenvalue weighted by Gasteiger charge is -2.31. The van der Waals surface area contributed by atoms with Crippen LogP contribution in [0.3, 0.4) is 0 Å². The molecule has 0 bridgehead atoms. The summed E-state index contributed by atoms with van der Waals surface area (Å²) >= 11 is 3.47. The molecular formula is C10H13BrN2. The summed E-state index contributed by atoms with van der Waals surface area (Å²) in [6.45, 7) is 5.41. The minimum Gasteiger partial charge on any atom is -0.382 e. The zero-order chi connectivity index (χ0) is 9.26. The zero-order valence-electron chi connectivity index (χ0n) is 7.68. The first kappa shape index (κ1) is 8.88. The standard InChI is InChI=1S/C10H13BrN2/c1-2-13-6-5-12-9-7-8(11)3-4-10(9)13/h3-4,7,12H,2,5-6H2,1H3. The molecule has 3 heteroatoms. The van der Waals surface area contributed by atoms with Crippen LogP contribution in [0, 0.1) is 0 Å². The molecule has 0 fully saturated rings. The van der Waals surface area contributed by atoms with Gasteiger partial charge in [0.15, 0.2) is 0 Å². The highest BCUT2D eigenvalue weighted by Gasteiger charge is 2.14. The third-order valence-corrected chi connectivity index (χ3v) is 2.87. The van der Waals surface area contributed by atoms with Gasteiger partial charge < -0.3 is 10.2 Å². The first-order chi connectivity index (χ1) is 6.31. The Hall–Kier alpha value is -0.700. The van der Waals surface area contributed by atoms with Gasteiger partial charge in [0.25, 0.3) is 0 Å². The van der Waals surface area contributed by atoms with Crippen LogP contribution < -0.4 is 10.2 Å². The van der Waals surface area contributed by atoms with Crippen molar-refractivity contribution in [3.63, 3.8) is 0 Å². The summed E-state index contributed by atoms with van der Waals surface area (Å²) in [5, 5.41) is 3.40. The van der Waals surface area contributed by atoms with E-state index in [4.69, 9.17) is 0 Å². The second kappa shape index (κ2) is 3.58. The Balaban J connectivity index is 2.40. The number of anilines is 2. The van der Waals surface area contributed by atoms with Gasteiger partial charge in [-0.3, -0.25) is 0 Å². The van der Waals surface area contributed by atoms with Gasteiger partial charge in [-0.2, -0.15) is 0 Å². The van der Waals surface area contributed by atoms with Gasteiger partial charge in [0.2, 0.25) is 0 Å². The topological polar surface area (TPSA) is 15.3 Å². The Labute approximate surface area is 87.1 Å². The van der Waals surface area contributed by atoms with Crippen molar-refractivity contribution < 1.29 is 0 Å². The minimum atomic E-state index is 1.04. The van der Waals surface area contributed by atoms with Gasteiger partial charge in [0.05, 0.1) is 11.4 Å². The fourth-order valence-electron chi connectivity index (χ4n) is 1.70. The number of rotatable bonds is 1. The summed E-state index contributed by atoms with van der Waals surface area (Å²) in [4.78, 5) is 2.39. The largest absolute Gasteiger partial charge is 0.382 e. The SMILES string of the molecule is CCN1CCNc2cc(Br)ccc21. The summed E-state index contributed by atoms with van der Waals surface area (Å²) in [6.07, 6.45) is 0. The maximum atomic E-state index is 3.47. The smallest absolute Gasteiger partial charge is 0.0603 e. The fourth-order valence-corrected chi connectivity index (χ4v) is 2.06. The van der Waals surface area contributed by atoms with Gasteiger partial charge in [-0.15, -0.1) is 0 Å². The zero-order valence-corrected chi connectivity index (χ0v) is 9.26. The molecular weight excluding hydrogens is 228 g/mol. The Kier molecular flexibility index (Phi) is 2.44. The van der Waals surface area contributed by atoms with Gasteiger partial charge in [0, 0.05) is 24.1 Å². The number of benzene rings is 1. The highest BCUT2D eigenvalue weighted by molar-refractivity contribution is 9.10. The maximum absolute atomic E-state index is 3.47. The molecule has 0 aromatic heterocycles. The van der Waals surface area contributed by atoms with Crippen LogP contribution in [0.15, 0.2) is 22.7 Å². The summed E-state index contributed by atoms with van der Waals surface area (Å²) < 4.78 is 1.14. The van der Waals surface area contributed by atoms with Crippen molar-refractivity contribution in [2.45, 2.75) is 6.92 Å². The predicted molar refractivity (Wildman–Crippen MR) is 60.5 cm³/mol. The Morgan fingerprint density at radius 1 is 1.54 bits per heavy atom. The van der Waals surface area contributed by atoms with Crippen LogP contribution in [-0.4, -0.2) is 19.6 Å². The number of nitrogens with zero attached hydrogens (tertiary/aromatic N) is 1. The third-order valence-electron chi connectivity index (χ3n) is 2.38.